The van der Waals surface area contributed by atoms with E-state index in [0.717, 1.165) is 169 Å². The zero-order valence-electron chi connectivity index (χ0n) is 47.3. The van der Waals surface area contributed by atoms with E-state index in [1.807, 2.05) is 6.07 Å². The number of aromatic nitrogens is 8. The van der Waals surface area contributed by atoms with Gasteiger partial charge in [-0.3, -0.25) is 4.98 Å². The lowest BCUT2D eigenvalue weighted by Gasteiger charge is -2.17. The van der Waals surface area contributed by atoms with Crippen molar-refractivity contribution in [3.63, 3.8) is 0 Å². The quantitative estimate of drug-likeness (QED) is 0.102. The Morgan fingerprint density at radius 1 is 0.412 bits per heavy atom. The number of aryl methyl sites for hydroxylation is 4. The van der Waals surface area contributed by atoms with Crippen molar-refractivity contribution in [1.82, 2.24) is 39.9 Å². The minimum absolute atomic E-state index is 0.137. The van der Waals surface area contributed by atoms with Crippen molar-refractivity contribution in [3.8, 4) is 45.9 Å². The molecule has 0 saturated heterocycles. The largest absolute Gasteiger partial charge is 0.355 e. The normalized spacial score (nSPS) is 14.6. The third-order valence-corrected chi connectivity index (χ3v) is 16.7. The first-order chi connectivity index (χ1) is 39.3. The minimum Gasteiger partial charge on any atom is -0.355 e. The van der Waals surface area contributed by atoms with Gasteiger partial charge >= 0.3 is 0 Å². The van der Waals surface area contributed by atoms with Crippen LogP contribution in [0.25, 0.3) is 102 Å². The molecule has 12 rings (SSSR count). The molecule has 8 aromatic rings. The van der Waals surface area contributed by atoms with Crippen LogP contribution in [-0.4, -0.2) is 39.9 Å². The number of nitrogens with zero attached hydrogens (tertiary/aromatic N) is 4. The highest BCUT2D eigenvalue weighted by Gasteiger charge is 2.34. The first-order valence-corrected chi connectivity index (χ1v) is 29.1. The molecule has 396 valence electrons. The molecule has 0 unspecified atom stereocenters. The van der Waals surface area contributed by atoms with Gasteiger partial charge in [0.25, 0.3) is 0 Å². The number of fused-ring (bicyclic) bond motifs is 16. The molecule has 6 aromatic heterocycles. The Morgan fingerprint density at radius 3 is 1.59 bits per heavy atom. The number of aromatic amines is 4. The highest BCUT2D eigenvalue weighted by atomic mass is 14.8. The number of rotatable bonds is 10. The topological polar surface area (TPSA) is 115 Å². The maximum atomic E-state index is 5.72. The van der Waals surface area contributed by atoms with Crippen LogP contribution in [0.5, 0.6) is 0 Å². The van der Waals surface area contributed by atoms with Gasteiger partial charge in [0, 0.05) is 67.3 Å². The van der Waals surface area contributed by atoms with Crippen LogP contribution in [0.1, 0.15) is 172 Å². The van der Waals surface area contributed by atoms with Crippen molar-refractivity contribution < 1.29 is 0 Å². The van der Waals surface area contributed by atoms with Gasteiger partial charge in [-0.05, 0) is 192 Å². The minimum atomic E-state index is 0.137. The summed E-state index contributed by atoms with van der Waals surface area (Å²) >= 11 is 0. The first kappa shape index (κ1) is 51.8. The molecule has 4 N–H and O–H groups in total. The summed E-state index contributed by atoms with van der Waals surface area (Å²) in [5.41, 5.74) is 29.2. The van der Waals surface area contributed by atoms with Crippen LogP contribution in [0.15, 0.2) is 109 Å². The van der Waals surface area contributed by atoms with Crippen LogP contribution in [0.4, 0.5) is 0 Å². The lowest BCUT2D eigenvalue weighted by molar-refractivity contribution is 0.532. The Balaban J connectivity index is 1.16. The zero-order valence-corrected chi connectivity index (χ0v) is 47.3. The number of nitrogens with one attached hydrogen (secondary N) is 4. The molecule has 0 amide bonds. The van der Waals surface area contributed by atoms with E-state index in [2.05, 4.69) is 226 Å². The van der Waals surface area contributed by atoms with Gasteiger partial charge in [0.15, 0.2) is 0 Å². The highest BCUT2D eigenvalue weighted by molar-refractivity contribution is 5.97. The standard InChI is InChI=1S/C72H68N8/c1-9-47-49(11-3)65-41-67-51(13-5)53(15-7)71(79-67)56(72-54(16-8)52(14-6)68(80-72)42-66-50(12-4)48(10-2)64(78-66)40-63(47)77-65)30-24-23-29-55-57-35-37-61(75-57)69(43-25-19-17-20-26-43)59-33-31-45(73-59)39-46-32-34-60(74-46)70(44-27-21-18-22-28-44)62-38-36-58(55)76-62/h17-22,25-28,31-42,51,53,73,75,77-78H,9-16H2,1-8H3/t51-,53-/m0/s1. The number of hydrogen-bond donors (Lipinski definition) is 4. The summed E-state index contributed by atoms with van der Waals surface area (Å²) in [5.74, 6) is 14.5. The van der Waals surface area contributed by atoms with Crippen LogP contribution < -0.4 is 0 Å². The maximum absolute atomic E-state index is 5.72. The van der Waals surface area contributed by atoms with Gasteiger partial charge in [0.05, 0.1) is 56.5 Å². The molecule has 2 aromatic carbocycles. The molecule has 80 heavy (non-hydrogen) atoms. The lowest BCUT2D eigenvalue weighted by atomic mass is 9.83. The molecule has 10 heterocycles. The van der Waals surface area contributed by atoms with Gasteiger partial charge in [0.1, 0.15) is 0 Å². The van der Waals surface area contributed by atoms with Gasteiger partial charge in [-0.15, -0.1) is 0 Å². The highest BCUT2D eigenvalue weighted by Crippen LogP contribution is 2.45. The summed E-state index contributed by atoms with van der Waals surface area (Å²) in [4.78, 5) is 37.4. The van der Waals surface area contributed by atoms with E-state index in [4.69, 9.17) is 19.9 Å². The van der Waals surface area contributed by atoms with Crippen LogP contribution in [0.3, 0.4) is 0 Å². The molecule has 0 aliphatic carbocycles. The van der Waals surface area contributed by atoms with Crippen LogP contribution in [-0.2, 0) is 25.7 Å². The Bertz CT molecular complexity index is 4360. The average Bonchev–Trinajstić information content (AvgIpc) is 4.41. The molecule has 0 saturated carbocycles. The Kier molecular flexibility index (Phi) is 14.3. The Labute approximate surface area is 469 Å². The van der Waals surface area contributed by atoms with Crippen molar-refractivity contribution >= 4 is 79.6 Å². The molecule has 4 aliphatic rings. The third kappa shape index (κ3) is 9.23. The van der Waals surface area contributed by atoms with E-state index in [1.165, 1.54) is 38.9 Å². The smallest absolute Gasteiger partial charge is 0.0847 e. The summed E-state index contributed by atoms with van der Waals surface area (Å²) in [6.07, 6.45) is 15.5. The number of allylic oxidation sites excluding steroid dienone is 2. The van der Waals surface area contributed by atoms with E-state index in [1.54, 1.807) is 0 Å². The predicted octanol–water partition coefficient (Wildman–Crippen LogP) is 17.7. The van der Waals surface area contributed by atoms with Crippen molar-refractivity contribution in [2.75, 3.05) is 0 Å². The molecule has 0 spiro atoms. The third-order valence-electron chi connectivity index (χ3n) is 16.7. The monoisotopic (exact) mass is 1040 g/mol. The Morgan fingerprint density at radius 2 is 0.950 bits per heavy atom. The molecule has 8 nitrogen and oxygen atoms in total. The second kappa shape index (κ2) is 22.0. The summed E-state index contributed by atoms with van der Waals surface area (Å²) in [6, 6.07) is 38.5. The predicted molar refractivity (Wildman–Crippen MR) is 335 cm³/mol. The molecular formula is C72H68N8. The molecule has 4 aliphatic heterocycles. The van der Waals surface area contributed by atoms with Gasteiger partial charge in [-0.25, -0.2) is 15.0 Å². The van der Waals surface area contributed by atoms with E-state index in [-0.39, 0.29) is 11.8 Å². The molecule has 8 heteroatoms. The zero-order chi connectivity index (χ0) is 55.0. The van der Waals surface area contributed by atoms with Crippen molar-refractivity contribution in [3.05, 3.63) is 188 Å². The maximum Gasteiger partial charge on any atom is 0.0847 e. The summed E-state index contributed by atoms with van der Waals surface area (Å²) in [7, 11) is 0. The van der Waals surface area contributed by atoms with E-state index in [9.17, 15) is 0 Å². The Hall–Kier alpha value is -8.98. The van der Waals surface area contributed by atoms with Crippen molar-refractivity contribution in [2.45, 2.75) is 119 Å². The lowest BCUT2D eigenvalue weighted by Crippen LogP contribution is -2.06. The molecule has 2 atom stereocenters. The first-order valence-electron chi connectivity index (χ1n) is 29.1. The van der Waals surface area contributed by atoms with Gasteiger partial charge < -0.3 is 19.9 Å². The molecular weight excluding hydrogens is 977 g/mol. The van der Waals surface area contributed by atoms with Crippen LogP contribution in [0.2, 0.25) is 0 Å². The average molecular weight is 1050 g/mol. The van der Waals surface area contributed by atoms with Crippen LogP contribution in [0, 0.1) is 23.7 Å². The number of H-pyrrole nitrogens is 4. The van der Waals surface area contributed by atoms with E-state index < -0.39 is 0 Å². The number of hydrogen-bond acceptors (Lipinski definition) is 4. The van der Waals surface area contributed by atoms with E-state index >= 15 is 0 Å². The van der Waals surface area contributed by atoms with Gasteiger partial charge in [-0.2, -0.15) is 0 Å². The van der Waals surface area contributed by atoms with Crippen molar-refractivity contribution in [2.24, 2.45) is 0 Å². The fourth-order valence-electron chi connectivity index (χ4n) is 13.0. The molecule has 16 bridgehead atoms. The van der Waals surface area contributed by atoms with Gasteiger partial charge in [-0.1, -0.05) is 116 Å². The second-order valence-corrected chi connectivity index (χ2v) is 21.1. The van der Waals surface area contributed by atoms with Gasteiger partial charge in [0.2, 0.25) is 0 Å². The summed E-state index contributed by atoms with van der Waals surface area (Å²) < 4.78 is 0. The fraction of sp³-hybridized carbons (Fsp3) is 0.250. The van der Waals surface area contributed by atoms with E-state index in [0.29, 0.717) is 0 Å². The summed E-state index contributed by atoms with van der Waals surface area (Å²) in [5, 5.41) is 0. The SMILES string of the molecule is CCC1=C(CC)c2nc1cc1[nH]c(cc3[nH]c(cc4nc(c2C#CC#Cc2c5nc(c(-c6ccccc6)c6nc(cc7ccc([nH]7)c(-c7ccccc7)c7ccc2[nH]7)C=C6)C=C5)[C@@H](CC)[C@@H]4CC)c(CC)c3CC)c(CC)c1CC. The second-order valence-electron chi connectivity index (χ2n) is 21.1. The molecule has 0 radical (unpaired) electrons. The van der Waals surface area contributed by atoms with Crippen molar-refractivity contribution in [1.29, 1.82) is 0 Å². The number of benzene rings is 2. The summed E-state index contributed by atoms with van der Waals surface area (Å²) in [6.45, 7) is 18.2. The molecule has 0 fully saturated rings. The fourth-order valence-corrected chi connectivity index (χ4v) is 13.0. The van der Waals surface area contributed by atoms with Crippen LogP contribution >= 0.6 is 0 Å².